The summed E-state index contributed by atoms with van der Waals surface area (Å²) in [4.78, 5) is 10.6. The van der Waals surface area contributed by atoms with Crippen LogP contribution in [0.1, 0.15) is 15.9 Å². The molecule has 1 aromatic carbocycles. The highest BCUT2D eigenvalue weighted by Gasteiger charge is 2.08. The van der Waals surface area contributed by atoms with Crippen LogP contribution in [0.4, 0.5) is 0 Å². The van der Waals surface area contributed by atoms with Gasteiger partial charge in [-0.05, 0) is 23.3 Å². The zero-order valence-corrected chi connectivity index (χ0v) is 7.56. The molecule has 0 amide bonds. The molecule has 2 rings (SSSR count). The fourth-order valence-corrected chi connectivity index (χ4v) is 1.26. The van der Waals surface area contributed by atoms with Crippen LogP contribution in [0, 0.1) is 0 Å². The van der Waals surface area contributed by atoms with Gasteiger partial charge in [0.05, 0.1) is 18.8 Å². The van der Waals surface area contributed by atoms with E-state index in [1.165, 1.54) is 5.57 Å². The molecular weight excluding hydrogens is 180 g/mol. The van der Waals surface area contributed by atoms with E-state index in [4.69, 9.17) is 9.84 Å². The van der Waals surface area contributed by atoms with Crippen molar-refractivity contribution >= 4 is 12.0 Å². The van der Waals surface area contributed by atoms with E-state index in [0.29, 0.717) is 18.8 Å². The first-order chi connectivity index (χ1) is 6.75. The van der Waals surface area contributed by atoms with E-state index >= 15 is 0 Å². The molecule has 1 aromatic rings. The van der Waals surface area contributed by atoms with Crippen LogP contribution < -0.4 is 0 Å². The van der Waals surface area contributed by atoms with Gasteiger partial charge in [0.1, 0.15) is 0 Å². The number of carboxylic acid groups (broad SMARTS) is 1. The fourth-order valence-electron chi connectivity index (χ4n) is 1.26. The summed E-state index contributed by atoms with van der Waals surface area (Å²) < 4.78 is 5.01. The average Bonchev–Trinajstić information content (AvgIpc) is 2.12. The van der Waals surface area contributed by atoms with Gasteiger partial charge < -0.3 is 9.84 Å². The lowest BCUT2D eigenvalue weighted by Crippen LogP contribution is -2.15. The molecule has 0 aromatic heterocycles. The Morgan fingerprint density at radius 3 is 2.36 bits per heavy atom. The van der Waals surface area contributed by atoms with E-state index in [0.717, 1.165) is 5.56 Å². The lowest BCUT2D eigenvalue weighted by Gasteiger charge is -2.17. The molecule has 0 unspecified atom stereocenters. The molecule has 3 heteroatoms. The van der Waals surface area contributed by atoms with Gasteiger partial charge in [-0.1, -0.05) is 18.2 Å². The standard InChI is InChI=1S/C11H10O3/c12-11(13)10-3-1-8(2-4-10)5-9-6-14-7-9/h1-5H,6-7H2,(H,12,13). The van der Waals surface area contributed by atoms with E-state index in [2.05, 4.69) is 0 Å². The zero-order valence-electron chi connectivity index (χ0n) is 7.56. The number of ether oxygens (including phenoxy) is 1. The third-order valence-corrected chi connectivity index (χ3v) is 2.10. The van der Waals surface area contributed by atoms with Crippen molar-refractivity contribution in [2.45, 2.75) is 0 Å². The van der Waals surface area contributed by atoms with E-state index in [1.54, 1.807) is 24.3 Å². The van der Waals surface area contributed by atoms with Gasteiger partial charge in [0.2, 0.25) is 0 Å². The largest absolute Gasteiger partial charge is 0.478 e. The SMILES string of the molecule is O=C(O)c1ccc(C=C2COC2)cc1. The van der Waals surface area contributed by atoms with Gasteiger partial charge in [-0.25, -0.2) is 4.79 Å². The van der Waals surface area contributed by atoms with Crippen LogP contribution >= 0.6 is 0 Å². The van der Waals surface area contributed by atoms with Crippen molar-refractivity contribution < 1.29 is 14.6 Å². The van der Waals surface area contributed by atoms with Crippen LogP contribution in [0.15, 0.2) is 29.8 Å². The molecule has 1 heterocycles. The monoisotopic (exact) mass is 190 g/mol. The minimum atomic E-state index is -0.892. The maximum Gasteiger partial charge on any atom is 0.335 e. The molecule has 1 aliphatic heterocycles. The Labute approximate surface area is 81.6 Å². The molecule has 0 saturated carbocycles. The van der Waals surface area contributed by atoms with Crippen LogP contribution in [-0.4, -0.2) is 24.3 Å². The van der Waals surface area contributed by atoms with Crippen molar-refractivity contribution in [2.24, 2.45) is 0 Å². The molecule has 0 spiro atoms. The molecule has 14 heavy (non-hydrogen) atoms. The first kappa shape index (κ1) is 8.97. The average molecular weight is 190 g/mol. The minimum absolute atomic E-state index is 0.317. The normalized spacial score (nSPS) is 14.7. The Hall–Kier alpha value is -1.61. The van der Waals surface area contributed by atoms with Crippen molar-refractivity contribution in [1.29, 1.82) is 0 Å². The molecule has 0 atom stereocenters. The lowest BCUT2D eigenvalue weighted by molar-refractivity contribution is 0.0697. The fraction of sp³-hybridized carbons (Fsp3) is 0.182. The molecule has 0 bridgehead atoms. The first-order valence-electron chi connectivity index (χ1n) is 4.36. The highest BCUT2D eigenvalue weighted by Crippen LogP contribution is 2.14. The predicted molar refractivity (Wildman–Crippen MR) is 52.2 cm³/mol. The molecule has 0 radical (unpaired) electrons. The van der Waals surface area contributed by atoms with Crippen LogP contribution in [0.25, 0.3) is 6.08 Å². The Morgan fingerprint density at radius 1 is 1.29 bits per heavy atom. The minimum Gasteiger partial charge on any atom is -0.478 e. The van der Waals surface area contributed by atoms with Gasteiger partial charge in [-0.2, -0.15) is 0 Å². The smallest absolute Gasteiger partial charge is 0.335 e. The van der Waals surface area contributed by atoms with Crippen LogP contribution in [-0.2, 0) is 4.74 Å². The summed E-state index contributed by atoms with van der Waals surface area (Å²) in [6.07, 6.45) is 2.02. The molecule has 0 aliphatic carbocycles. The Balaban J connectivity index is 2.17. The molecule has 1 N–H and O–H groups in total. The van der Waals surface area contributed by atoms with Gasteiger partial charge in [0, 0.05) is 0 Å². The van der Waals surface area contributed by atoms with Gasteiger partial charge in [-0.15, -0.1) is 0 Å². The number of aromatic carboxylic acids is 1. The third kappa shape index (κ3) is 1.83. The zero-order chi connectivity index (χ0) is 9.97. The summed E-state index contributed by atoms with van der Waals surface area (Å²) >= 11 is 0. The Bertz CT molecular complexity index is 370. The molecule has 3 nitrogen and oxygen atoms in total. The highest BCUT2D eigenvalue weighted by atomic mass is 16.5. The Kier molecular flexibility index (Phi) is 2.33. The number of benzene rings is 1. The summed E-state index contributed by atoms with van der Waals surface area (Å²) in [7, 11) is 0. The molecule has 1 fully saturated rings. The number of hydrogen-bond donors (Lipinski definition) is 1. The molecular formula is C11H10O3. The summed E-state index contributed by atoms with van der Waals surface area (Å²) in [5.74, 6) is -0.892. The number of carbonyl (C=O) groups is 1. The van der Waals surface area contributed by atoms with E-state index in [1.807, 2.05) is 6.08 Å². The van der Waals surface area contributed by atoms with Gasteiger partial charge in [-0.3, -0.25) is 0 Å². The van der Waals surface area contributed by atoms with Crippen molar-refractivity contribution in [1.82, 2.24) is 0 Å². The number of rotatable bonds is 2. The molecule has 72 valence electrons. The quantitative estimate of drug-likeness (QED) is 0.773. The van der Waals surface area contributed by atoms with Crippen LogP contribution in [0.5, 0.6) is 0 Å². The summed E-state index contributed by atoms with van der Waals surface area (Å²) in [5, 5.41) is 8.68. The predicted octanol–water partition coefficient (Wildman–Crippen LogP) is 1.80. The first-order valence-corrected chi connectivity index (χ1v) is 4.36. The molecule has 1 saturated heterocycles. The van der Waals surface area contributed by atoms with Crippen LogP contribution in [0.3, 0.4) is 0 Å². The topological polar surface area (TPSA) is 46.5 Å². The van der Waals surface area contributed by atoms with Gasteiger partial charge in [0.25, 0.3) is 0 Å². The van der Waals surface area contributed by atoms with Crippen LogP contribution in [0.2, 0.25) is 0 Å². The summed E-state index contributed by atoms with van der Waals surface area (Å²) in [6.45, 7) is 1.39. The van der Waals surface area contributed by atoms with E-state index in [-0.39, 0.29) is 0 Å². The molecule has 1 aliphatic rings. The maximum atomic E-state index is 10.6. The third-order valence-electron chi connectivity index (χ3n) is 2.10. The van der Waals surface area contributed by atoms with Crippen molar-refractivity contribution in [2.75, 3.05) is 13.2 Å². The Morgan fingerprint density at radius 2 is 1.93 bits per heavy atom. The van der Waals surface area contributed by atoms with E-state index in [9.17, 15) is 4.79 Å². The lowest BCUT2D eigenvalue weighted by atomic mass is 10.1. The highest BCUT2D eigenvalue weighted by molar-refractivity contribution is 5.87. The maximum absolute atomic E-state index is 10.6. The van der Waals surface area contributed by atoms with Crippen molar-refractivity contribution in [3.8, 4) is 0 Å². The van der Waals surface area contributed by atoms with Gasteiger partial charge in [0.15, 0.2) is 0 Å². The van der Waals surface area contributed by atoms with Crippen molar-refractivity contribution in [3.05, 3.63) is 41.0 Å². The van der Waals surface area contributed by atoms with E-state index < -0.39 is 5.97 Å². The second kappa shape index (κ2) is 3.64. The summed E-state index contributed by atoms with van der Waals surface area (Å²) in [5.41, 5.74) is 2.58. The van der Waals surface area contributed by atoms with Gasteiger partial charge >= 0.3 is 5.97 Å². The summed E-state index contributed by atoms with van der Waals surface area (Å²) in [6, 6.07) is 6.81. The number of hydrogen-bond acceptors (Lipinski definition) is 2. The van der Waals surface area contributed by atoms with Crippen molar-refractivity contribution in [3.63, 3.8) is 0 Å². The second-order valence-corrected chi connectivity index (χ2v) is 3.22. The second-order valence-electron chi connectivity index (χ2n) is 3.22. The number of carboxylic acids is 1.